The van der Waals surface area contributed by atoms with Crippen LogP contribution < -0.4 is 5.32 Å². The fourth-order valence-corrected chi connectivity index (χ4v) is 1.63. The molecular weight excluding hydrogens is 229 g/mol. The summed E-state index contributed by atoms with van der Waals surface area (Å²) < 4.78 is 17.0. The molecule has 0 fully saturated rings. The third kappa shape index (κ3) is 2.22. The molecule has 0 aliphatic carbocycles. The van der Waals surface area contributed by atoms with E-state index in [1.165, 1.54) is 18.3 Å². The van der Waals surface area contributed by atoms with E-state index in [1.54, 1.807) is 13.0 Å². The van der Waals surface area contributed by atoms with Gasteiger partial charge in [-0.3, -0.25) is 4.79 Å². The molecule has 0 atom stereocenters. The lowest BCUT2D eigenvalue weighted by Gasteiger charge is -2.03. The van der Waals surface area contributed by atoms with Crippen molar-refractivity contribution in [2.75, 3.05) is 5.32 Å². The van der Waals surface area contributed by atoms with Crippen molar-refractivity contribution in [1.82, 2.24) is 9.59 Å². The van der Waals surface area contributed by atoms with Crippen LogP contribution in [-0.4, -0.2) is 15.5 Å². The second kappa shape index (κ2) is 4.36. The van der Waals surface area contributed by atoms with E-state index in [1.807, 2.05) is 0 Å². The van der Waals surface area contributed by atoms with E-state index in [-0.39, 0.29) is 5.56 Å². The Balaban J connectivity index is 2.24. The number of rotatable bonds is 2. The van der Waals surface area contributed by atoms with Crippen molar-refractivity contribution < 1.29 is 9.18 Å². The first-order chi connectivity index (χ1) is 7.66. The molecule has 6 heteroatoms. The molecule has 1 amide bonds. The number of nitrogens with zero attached hydrogens (tertiary/aromatic N) is 2. The summed E-state index contributed by atoms with van der Waals surface area (Å²) in [5.74, 6) is -1.03. The smallest absolute Gasteiger partial charge is 0.259 e. The minimum Gasteiger partial charge on any atom is -0.311 e. The number of benzene rings is 1. The van der Waals surface area contributed by atoms with Crippen molar-refractivity contribution in [3.05, 3.63) is 41.3 Å². The lowest BCUT2D eigenvalue weighted by atomic mass is 10.1. The summed E-state index contributed by atoms with van der Waals surface area (Å²) in [4.78, 5) is 11.7. The predicted octanol–water partition coefficient (Wildman–Crippen LogP) is 2.24. The zero-order valence-electron chi connectivity index (χ0n) is 8.40. The highest BCUT2D eigenvalue weighted by atomic mass is 32.1. The zero-order chi connectivity index (χ0) is 11.5. The van der Waals surface area contributed by atoms with Gasteiger partial charge in [0.1, 0.15) is 10.8 Å². The number of halogens is 1. The van der Waals surface area contributed by atoms with Gasteiger partial charge in [0.05, 0.1) is 11.8 Å². The van der Waals surface area contributed by atoms with E-state index in [0.717, 1.165) is 17.1 Å². The van der Waals surface area contributed by atoms with E-state index in [0.29, 0.717) is 5.00 Å². The van der Waals surface area contributed by atoms with Crippen LogP contribution in [0.2, 0.25) is 0 Å². The average Bonchev–Trinajstić information content (AvgIpc) is 2.74. The number of hydrogen-bond acceptors (Lipinski definition) is 4. The number of aryl methyl sites for hydroxylation is 1. The molecule has 0 spiro atoms. The monoisotopic (exact) mass is 237 g/mol. The minimum atomic E-state index is -0.541. The Labute approximate surface area is 95.3 Å². The van der Waals surface area contributed by atoms with Gasteiger partial charge in [-0.1, -0.05) is 16.1 Å². The number of amides is 1. The maximum atomic E-state index is 13.4. The van der Waals surface area contributed by atoms with Crippen LogP contribution in [0.1, 0.15) is 15.9 Å². The Morgan fingerprint density at radius 1 is 1.50 bits per heavy atom. The quantitative estimate of drug-likeness (QED) is 0.871. The molecule has 1 aromatic carbocycles. The van der Waals surface area contributed by atoms with Crippen molar-refractivity contribution in [1.29, 1.82) is 0 Å². The van der Waals surface area contributed by atoms with E-state index in [2.05, 4.69) is 14.9 Å². The summed E-state index contributed by atoms with van der Waals surface area (Å²) in [6.07, 6.45) is 1.41. The molecule has 1 N–H and O–H groups in total. The van der Waals surface area contributed by atoms with E-state index < -0.39 is 11.7 Å². The van der Waals surface area contributed by atoms with E-state index >= 15 is 0 Å². The van der Waals surface area contributed by atoms with Gasteiger partial charge >= 0.3 is 0 Å². The van der Waals surface area contributed by atoms with Crippen LogP contribution in [0.4, 0.5) is 9.39 Å². The first-order valence-electron chi connectivity index (χ1n) is 4.51. The van der Waals surface area contributed by atoms with Gasteiger partial charge < -0.3 is 5.32 Å². The molecule has 0 aliphatic rings. The molecule has 0 saturated carbocycles. The summed E-state index contributed by atoms with van der Waals surface area (Å²) >= 11 is 1.04. The molecule has 82 valence electrons. The maximum absolute atomic E-state index is 13.4. The van der Waals surface area contributed by atoms with Gasteiger partial charge in [-0.05, 0) is 19.1 Å². The van der Waals surface area contributed by atoms with Crippen LogP contribution in [0.25, 0.3) is 0 Å². The van der Waals surface area contributed by atoms with Crippen molar-refractivity contribution in [3.63, 3.8) is 0 Å². The largest absolute Gasteiger partial charge is 0.311 e. The zero-order valence-corrected chi connectivity index (χ0v) is 9.21. The first-order valence-corrected chi connectivity index (χ1v) is 5.29. The summed E-state index contributed by atoms with van der Waals surface area (Å²) in [5, 5.41) is 6.58. The highest BCUT2D eigenvalue weighted by molar-refractivity contribution is 7.10. The third-order valence-electron chi connectivity index (χ3n) is 1.96. The van der Waals surface area contributed by atoms with E-state index in [4.69, 9.17) is 0 Å². The highest BCUT2D eigenvalue weighted by Gasteiger charge is 2.12. The number of anilines is 1. The number of aromatic nitrogens is 2. The lowest BCUT2D eigenvalue weighted by Crippen LogP contribution is -2.13. The Kier molecular flexibility index (Phi) is 2.91. The molecule has 0 saturated heterocycles. The molecule has 1 heterocycles. The molecule has 1 aromatic heterocycles. The molecule has 0 aliphatic heterocycles. The standard InChI is InChI=1S/C10H8FN3OS/c1-6-2-3-8(11)7(4-6)10(15)13-9-5-12-14-16-9/h2-5H,1H3,(H,13,15). The fraction of sp³-hybridized carbons (Fsp3) is 0.100. The Morgan fingerprint density at radius 2 is 2.31 bits per heavy atom. The Hall–Kier alpha value is -1.82. The number of carbonyl (C=O) groups is 1. The van der Waals surface area contributed by atoms with Crippen LogP contribution in [0.3, 0.4) is 0 Å². The van der Waals surface area contributed by atoms with Crippen molar-refractivity contribution in [2.45, 2.75) is 6.92 Å². The minimum absolute atomic E-state index is 0.0217. The summed E-state index contributed by atoms with van der Waals surface area (Å²) in [5.41, 5.74) is 0.849. The molecule has 0 unspecified atom stereocenters. The van der Waals surface area contributed by atoms with Crippen LogP contribution in [0, 0.1) is 12.7 Å². The second-order valence-corrected chi connectivity index (χ2v) is 4.00. The number of hydrogen-bond donors (Lipinski definition) is 1. The van der Waals surface area contributed by atoms with Crippen LogP contribution >= 0.6 is 11.5 Å². The molecule has 16 heavy (non-hydrogen) atoms. The van der Waals surface area contributed by atoms with Crippen molar-refractivity contribution in [3.8, 4) is 0 Å². The van der Waals surface area contributed by atoms with Gasteiger partial charge in [0, 0.05) is 11.5 Å². The topological polar surface area (TPSA) is 54.9 Å². The van der Waals surface area contributed by atoms with Gasteiger partial charge in [-0.25, -0.2) is 4.39 Å². The fourth-order valence-electron chi connectivity index (χ4n) is 1.21. The SMILES string of the molecule is Cc1ccc(F)c(C(=O)Nc2cnns2)c1. The molecule has 0 bridgehead atoms. The predicted molar refractivity (Wildman–Crippen MR) is 59.0 cm³/mol. The van der Waals surface area contributed by atoms with Crippen LogP contribution in [0.15, 0.2) is 24.4 Å². The normalized spacial score (nSPS) is 10.1. The first kappa shape index (κ1) is 10.7. The molecule has 2 aromatic rings. The molecule has 2 rings (SSSR count). The molecule has 4 nitrogen and oxygen atoms in total. The van der Waals surface area contributed by atoms with Crippen LogP contribution in [0.5, 0.6) is 0 Å². The number of carbonyl (C=O) groups excluding carboxylic acids is 1. The van der Waals surface area contributed by atoms with Gasteiger partial charge in [-0.15, -0.1) is 5.10 Å². The summed E-state index contributed by atoms with van der Waals surface area (Å²) in [6, 6.07) is 4.38. The van der Waals surface area contributed by atoms with Crippen molar-refractivity contribution >= 4 is 22.4 Å². The Morgan fingerprint density at radius 3 is 3.00 bits per heavy atom. The Bertz CT molecular complexity index is 513. The maximum Gasteiger partial charge on any atom is 0.259 e. The lowest BCUT2D eigenvalue weighted by molar-refractivity contribution is 0.102. The number of nitrogens with one attached hydrogen (secondary N) is 1. The highest BCUT2D eigenvalue weighted by Crippen LogP contribution is 2.14. The van der Waals surface area contributed by atoms with Gasteiger partial charge in [-0.2, -0.15) is 0 Å². The third-order valence-corrected chi connectivity index (χ3v) is 2.54. The van der Waals surface area contributed by atoms with E-state index in [9.17, 15) is 9.18 Å². The van der Waals surface area contributed by atoms with Gasteiger partial charge in [0.2, 0.25) is 0 Å². The molecular formula is C10H8FN3OS. The average molecular weight is 237 g/mol. The van der Waals surface area contributed by atoms with Gasteiger partial charge in [0.15, 0.2) is 0 Å². The van der Waals surface area contributed by atoms with Crippen LogP contribution in [-0.2, 0) is 0 Å². The second-order valence-electron chi connectivity index (χ2n) is 3.22. The molecule has 0 radical (unpaired) electrons. The summed E-state index contributed by atoms with van der Waals surface area (Å²) in [6.45, 7) is 1.80. The summed E-state index contributed by atoms with van der Waals surface area (Å²) in [7, 11) is 0. The van der Waals surface area contributed by atoms with Gasteiger partial charge in [0.25, 0.3) is 5.91 Å². The van der Waals surface area contributed by atoms with Crippen molar-refractivity contribution in [2.24, 2.45) is 0 Å².